The van der Waals surface area contributed by atoms with Gasteiger partial charge in [-0.05, 0) is 113 Å². The van der Waals surface area contributed by atoms with Gasteiger partial charge in [-0.1, -0.05) is 97.1 Å². The van der Waals surface area contributed by atoms with Crippen LogP contribution in [0.2, 0.25) is 0 Å². The Morgan fingerprint density at radius 1 is 0.368 bits per heavy atom. The number of thiophene rings is 2. The quantitative estimate of drug-likeness (QED) is 0.169. The van der Waals surface area contributed by atoms with Gasteiger partial charge in [0, 0.05) is 75.0 Å². The van der Waals surface area contributed by atoms with Gasteiger partial charge in [0.25, 0.3) is 0 Å². The second-order valence-corrected chi connectivity index (χ2v) is 16.7. The Kier molecular flexibility index (Phi) is 8.09. The number of rotatable bonds is 6. The van der Waals surface area contributed by atoms with Crippen molar-refractivity contribution < 1.29 is 0 Å². The predicted octanol–water partition coefficient (Wildman–Crippen LogP) is 14.9. The number of fused-ring (bicyclic) bond motifs is 6. The predicted molar refractivity (Wildman–Crippen MR) is 243 cm³/mol. The van der Waals surface area contributed by atoms with Gasteiger partial charge in [-0.3, -0.25) is 4.98 Å². The minimum atomic E-state index is 0.705. The number of benzene rings is 7. The van der Waals surface area contributed by atoms with Gasteiger partial charge >= 0.3 is 0 Å². The highest BCUT2D eigenvalue weighted by Gasteiger charge is 2.17. The molecule has 0 unspecified atom stereocenters. The molecule has 11 aromatic rings. The van der Waals surface area contributed by atoms with Crippen LogP contribution in [0, 0.1) is 6.92 Å². The fraction of sp³-hybridized carbons (Fsp3) is 0.0192. The summed E-state index contributed by atoms with van der Waals surface area (Å²) in [7, 11) is 0. The number of hydrogen-bond acceptors (Lipinski definition) is 5. The van der Waals surface area contributed by atoms with E-state index in [9.17, 15) is 0 Å². The van der Waals surface area contributed by atoms with Crippen LogP contribution in [-0.4, -0.2) is 15.0 Å². The van der Waals surface area contributed by atoms with Crippen molar-refractivity contribution in [2.75, 3.05) is 0 Å². The Hall–Kier alpha value is -6.79. The highest BCUT2D eigenvalue weighted by molar-refractivity contribution is 7.26. The maximum absolute atomic E-state index is 5.36. The molecule has 0 radical (unpaired) electrons. The van der Waals surface area contributed by atoms with E-state index in [0.717, 1.165) is 55.9 Å². The van der Waals surface area contributed by atoms with E-state index in [-0.39, 0.29) is 0 Å². The SMILES string of the molecule is Cc1ccccc1-c1nc(-c2cccc(-c3cccnc3)c2)cc(-c2cc(-c3ccc4sc5ccccc5c4c3)cc(-c3ccc4sc5ccccc5c4c3)c2)n1. The smallest absolute Gasteiger partial charge is 0.160 e. The van der Waals surface area contributed by atoms with Crippen molar-refractivity contribution in [3.05, 3.63) is 188 Å². The van der Waals surface area contributed by atoms with Gasteiger partial charge < -0.3 is 0 Å². The Morgan fingerprint density at radius 3 is 1.54 bits per heavy atom. The Bertz CT molecular complexity index is 3190. The minimum absolute atomic E-state index is 0.705. The van der Waals surface area contributed by atoms with Crippen molar-refractivity contribution in [1.82, 2.24) is 15.0 Å². The van der Waals surface area contributed by atoms with Crippen LogP contribution in [0.1, 0.15) is 5.56 Å². The van der Waals surface area contributed by atoms with Gasteiger partial charge in [-0.25, -0.2) is 9.97 Å². The molecule has 3 nitrogen and oxygen atoms in total. The molecule has 11 rings (SSSR count). The number of nitrogens with zero attached hydrogens (tertiary/aromatic N) is 3. The van der Waals surface area contributed by atoms with Gasteiger partial charge in [0.1, 0.15) is 0 Å². The van der Waals surface area contributed by atoms with Crippen LogP contribution < -0.4 is 0 Å². The third-order valence-electron chi connectivity index (χ3n) is 10.9. The topological polar surface area (TPSA) is 38.7 Å². The number of aryl methyl sites for hydroxylation is 1. The van der Waals surface area contributed by atoms with E-state index in [1.165, 1.54) is 51.5 Å². The molecule has 0 aliphatic heterocycles. The molecule has 0 N–H and O–H groups in total. The van der Waals surface area contributed by atoms with E-state index >= 15 is 0 Å². The molecule has 0 amide bonds. The van der Waals surface area contributed by atoms with Gasteiger partial charge in [0.05, 0.1) is 11.4 Å². The van der Waals surface area contributed by atoms with Crippen molar-refractivity contribution in [3.8, 4) is 67.3 Å². The van der Waals surface area contributed by atoms with Crippen LogP contribution in [0.5, 0.6) is 0 Å². The van der Waals surface area contributed by atoms with E-state index in [1.54, 1.807) is 0 Å². The molecule has 0 bridgehead atoms. The lowest BCUT2D eigenvalue weighted by molar-refractivity contribution is 1.17. The Morgan fingerprint density at radius 2 is 0.895 bits per heavy atom. The zero-order valence-electron chi connectivity index (χ0n) is 31.0. The molecule has 57 heavy (non-hydrogen) atoms. The van der Waals surface area contributed by atoms with Crippen LogP contribution in [0.4, 0.5) is 0 Å². The molecule has 7 aromatic carbocycles. The molecule has 0 spiro atoms. The lowest BCUT2D eigenvalue weighted by atomic mass is 9.93. The van der Waals surface area contributed by atoms with E-state index in [1.807, 2.05) is 41.1 Å². The summed E-state index contributed by atoms with van der Waals surface area (Å²) >= 11 is 3.70. The van der Waals surface area contributed by atoms with Gasteiger partial charge in [-0.2, -0.15) is 0 Å². The fourth-order valence-corrected chi connectivity index (χ4v) is 10.2. The largest absolute Gasteiger partial charge is 0.264 e. The standard InChI is InChI=1S/C52H33N3S2/c1-32-10-2-3-14-41(32)52-54-46(36-12-8-11-33(24-36)37-13-9-23-53-31-37)30-47(55-52)40-26-38(34-19-21-50-44(28-34)42-15-4-6-17-48(42)56-50)25-39(27-40)35-20-22-51-45(29-35)43-16-5-7-18-49(43)57-51/h2-31H,1H3. The van der Waals surface area contributed by atoms with E-state index in [4.69, 9.17) is 9.97 Å². The molecule has 4 aromatic heterocycles. The molecule has 5 heteroatoms. The second kappa shape index (κ2) is 13.7. The van der Waals surface area contributed by atoms with Crippen molar-refractivity contribution in [2.24, 2.45) is 0 Å². The highest BCUT2D eigenvalue weighted by atomic mass is 32.1. The first-order chi connectivity index (χ1) is 28.1. The number of hydrogen-bond donors (Lipinski definition) is 0. The summed E-state index contributed by atoms with van der Waals surface area (Å²) in [5.41, 5.74) is 12.7. The first-order valence-electron chi connectivity index (χ1n) is 19.1. The normalized spacial score (nSPS) is 11.6. The van der Waals surface area contributed by atoms with E-state index < -0.39 is 0 Å². The first kappa shape index (κ1) is 33.5. The molecule has 0 atom stereocenters. The maximum Gasteiger partial charge on any atom is 0.160 e. The summed E-state index contributed by atoms with van der Waals surface area (Å²) in [6.07, 6.45) is 3.71. The lowest BCUT2D eigenvalue weighted by Gasteiger charge is -2.14. The molecule has 0 saturated heterocycles. The van der Waals surface area contributed by atoms with Crippen molar-refractivity contribution in [1.29, 1.82) is 0 Å². The molecule has 268 valence electrons. The molecule has 0 fully saturated rings. The Balaban J connectivity index is 1.14. The third-order valence-corrected chi connectivity index (χ3v) is 13.2. The summed E-state index contributed by atoms with van der Waals surface area (Å²) in [5.74, 6) is 0.705. The highest BCUT2D eigenvalue weighted by Crippen LogP contribution is 2.41. The number of pyridine rings is 1. The summed E-state index contributed by atoms with van der Waals surface area (Å²) < 4.78 is 5.20. The zero-order chi connectivity index (χ0) is 37.9. The molecular weight excluding hydrogens is 731 g/mol. The number of aromatic nitrogens is 3. The molecule has 0 saturated carbocycles. The van der Waals surface area contributed by atoms with Crippen LogP contribution >= 0.6 is 22.7 Å². The third kappa shape index (κ3) is 6.09. The minimum Gasteiger partial charge on any atom is -0.264 e. The average molecular weight is 764 g/mol. The zero-order valence-corrected chi connectivity index (χ0v) is 32.6. The van der Waals surface area contributed by atoms with Crippen molar-refractivity contribution >= 4 is 63.0 Å². The first-order valence-corrected chi connectivity index (χ1v) is 20.7. The fourth-order valence-electron chi connectivity index (χ4n) is 8.00. The second-order valence-electron chi connectivity index (χ2n) is 14.5. The summed E-state index contributed by atoms with van der Waals surface area (Å²) in [6.45, 7) is 2.13. The summed E-state index contributed by atoms with van der Waals surface area (Å²) in [5, 5.41) is 5.15. The molecular formula is C52H33N3S2. The molecule has 0 aliphatic rings. The summed E-state index contributed by atoms with van der Waals surface area (Å²) in [4.78, 5) is 15.0. The summed E-state index contributed by atoms with van der Waals surface area (Å²) in [6, 6.07) is 61.3. The maximum atomic E-state index is 5.36. The molecule has 0 aliphatic carbocycles. The van der Waals surface area contributed by atoms with E-state index in [0.29, 0.717) is 5.82 Å². The lowest BCUT2D eigenvalue weighted by Crippen LogP contribution is -1.98. The molecule has 4 heterocycles. The Labute approximate surface area is 338 Å². The van der Waals surface area contributed by atoms with Crippen LogP contribution in [0.25, 0.3) is 108 Å². The van der Waals surface area contributed by atoms with Crippen LogP contribution in [0.3, 0.4) is 0 Å². The van der Waals surface area contributed by atoms with Gasteiger partial charge in [0.2, 0.25) is 0 Å². The monoisotopic (exact) mass is 763 g/mol. The van der Waals surface area contributed by atoms with Gasteiger partial charge in [-0.15, -0.1) is 22.7 Å². The van der Waals surface area contributed by atoms with E-state index in [2.05, 4.69) is 176 Å². The van der Waals surface area contributed by atoms with Crippen LogP contribution in [0.15, 0.2) is 182 Å². The average Bonchev–Trinajstić information content (AvgIpc) is 3.84. The van der Waals surface area contributed by atoms with Crippen LogP contribution in [-0.2, 0) is 0 Å². The van der Waals surface area contributed by atoms with Gasteiger partial charge in [0.15, 0.2) is 5.82 Å². The van der Waals surface area contributed by atoms with Crippen molar-refractivity contribution in [2.45, 2.75) is 6.92 Å². The van der Waals surface area contributed by atoms with Crippen molar-refractivity contribution in [3.63, 3.8) is 0 Å².